The molecule has 1 fully saturated rings. The summed E-state index contributed by atoms with van der Waals surface area (Å²) in [4.78, 5) is 14.8. The zero-order chi connectivity index (χ0) is 16.2. The fraction of sp³-hybridized carbons (Fsp3) is 0.263. The van der Waals surface area contributed by atoms with Gasteiger partial charge in [-0.25, -0.2) is 9.97 Å². The highest BCUT2D eigenvalue weighted by Gasteiger charge is 2.19. The number of benzene rings is 1. The van der Waals surface area contributed by atoms with Gasteiger partial charge in [0.2, 0.25) is 5.95 Å². The van der Waals surface area contributed by atoms with Crippen molar-refractivity contribution in [3.63, 3.8) is 0 Å². The fourth-order valence-electron chi connectivity index (χ4n) is 3.13. The van der Waals surface area contributed by atoms with Crippen LogP contribution in [0, 0.1) is 0 Å². The number of aromatic nitrogens is 2. The lowest BCUT2D eigenvalue weighted by molar-refractivity contribution is 0.249. The molecule has 0 amide bonds. The summed E-state index contributed by atoms with van der Waals surface area (Å²) < 4.78 is 0. The van der Waals surface area contributed by atoms with Gasteiger partial charge in [-0.3, -0.25) is 4.90 Å². The Balaban J connectivity index is 1.43. The van der Waals surface area contributed by atoms with Crippen molar-refractivity contribution in [2.45, 2.75) is 6.54 Å². The highest BCUT2D eigenvalue weighted by molar-refractivity contribution is 7.13. The first-order chi connectivity index (χ1) is 11.9. The van der Waals surface area contributed by atoms with Crippen LogP contribution in [0.2, 0.25) is 0 Å². The lowest BCUT2D eigenvalue weighted by atomic mass is 10.1. The van der Waals surface area contributed by atoms with E-state index in [9.17, 15) is 0 Å². The van der Waals surface area contributed by atoms with Crippen LogP contribution in [0.4, 0.5) is 5.95 Å². The van der Waals surface area contributed by atoms with E-state index < -0.39 is 0 Å². The van der Waals surface area contributed by atoms with Crippen LogP contribution in [-0.4, -0.2) is 41.0 Å². The van der Waals surface area contributed by atoms with Gasteiger partial charge in [0.1, 0.15) is 0 Å². The average Bonchev–Trinajstić information content (AvgIpc) is 3.18. The second-order valence-electron chi connectivity index (χ2n) is 5.95. The quantitative estimate of drug-likeness (QED) is 0.730. The van der Waals surface area contributed by atoms with Gasteiger partial charge in [0.05, 0.1) is 0 Å². The molecule has 0 spiro atoms. The zero-order valence-electron chi connectivity index (χ0n) is 13.5. The molecule has 24 heavy (non-hydrogen) atoms. The molecule has 122 valence electrons. The minimum absolute atomic E-state index is 0.844. The molecule has 4 rings (SSSR count). The molecule has 1 saturated heterocycles. The third-order valence-electron chi connectivity index (χ3n) is 4.41. The summed E-state index contributed by atoms with van der Waals surface area (Å²) in [5, 5.41) is 2.14. The van der Waals surface area contributed by atoms with Crippen molar-refractivity contribution in [2.75, 3.05) is 31.1 Å². The topological polar surface area (TPSA) is 32.3 Å². The van der Waals surface area contributed by atoms with Crippen molar-refractivity contribution >= 4 is 17.3 Å². The van der Waals surface area contributed by atoms with Crippen LogP contribution in [0.3, 0.4) is 0 Å². The molecule has 1 aliphatic rings. The van der Waals surface area contributed by atoms with Crippen LogP contribution in [0.5, 0.6) is 0 Å². The third-order valence-corrected chi connectivity index (χ3v) is 5.31. The van der Waals surface area contributed by atoms with Crippen LogP contribution in [-0.2, 0) is 6.54 Å². The van der Waals surface area contributed by atoms with Gasteiger partial charge in [0, 0.05) is 50.0 Å². The maximum absolute atomic E-state index is 4.36. The van der Waals surface area contributed by atoms with E-state index in [0.717, 1.165) is 38.7 Å². The molecule has 5 heteroatoms. The van der Waals surface area contributed by atoms with Gasteiger partial charge in [0.15, 0.2) is 0 Å². The van der Waals surface area contributed by atoms with Gasteiger partial charge in [-0.05, 0) is 28.6 Å². The summed E-state index contributed by atoms with van der Waals surface area (Å²) in [5.41, 5.74) is 2.77. The molecule has 0 N–H and O–H groups in total. The van der Waals surface area contributed by atoms with Crippen molar-refractivity contribution in [3.8, 4) is 10.4 Å². The van der Waals surface area contributed by atoms with E-state index in [1.807, 2.05) is 18.5 Å². The number of hydrogen-bond acceptors (Lipinski definition) is 5. The number of hydrogen-bond donors (Lipinski definition) is 0. The minimum atomic E-state index is 0.844. The molecule has 2 aromatic heterocycles. The molecule has 0 saturated carbocycles. The predicted molar refractivity (Wildman–Crippen MR) is 99.3 cm³/mol. The highest BCUT2D eigenvalue weighted by atomic mass is 32.1. The molecule has 1 aliphatic heterocycles. The molecule has 0 bridgehead atoms. The monoisotopic (exact) mass is 336 g/mol. The molecule has 0 unspecified atom stereocenters. The van der Waals surface area contributed by atoms with Gasteiger partial charge in [-0.15, -0.1) is 11.3 Å². The molecule has 4 nitrogen and oxygen atoms in total. The van der Waals surface area contributed by atoms with Crippen molar-refractivity contribution < 1.29 is 0 Å². The summed E-state index contributed by atoms with van der Waals surface area (Å²) in [6.07, 6.45) is 3.62. The van der Waals surface area contributed by atoms with E-state index in [2.05, 4.69) is 61.5 Å². The van der Waals surface area contributed by atoms with Gasteiger partial charge in [-0.1, -0.05) is 30.3 Å². The average molecular weight is 336 g/mol. The van der Waals surface area contributed by atoms with Crippen molar-refractivity contribution in [1.82, 2.24) is 14.9 Å². The standard InChI is InChI=1S/C19H20N4S/c1-2-6-17(18-7-3-14-24-18)16(5-1)15-22-10-12-23(13-11-22)19-20-8-4-9-21-19/h1-9,14H,10-13,15H2. The van der Waals surface area contributed by atoms with Crippen LogP contribution in [0.25, 0.3) is 10.4 Å². The van der Waals surface area contributed by atoms with E-state index in [1.165, 1.54) is 16.0 Å². The second kappa shape index (κ2) is 7.11. The van der Waals surface area contributed by atoms with Crippen LogP contribution in [0.1, 0.15) is 5.56 Å². The maximum Gasteiger partial charge on any atom is 0.225 e. The summed E-state index contributed by atoms with van der Waals surface area (Å²) in [5.74, 6) is 0.844. The number of thiophene rings is 1. The Morgan fingerprint density at radius 3 is 2.42 bits per heavy atom. The summed E-state index contributed by atoms with van der Waals surface area (Å²) in [7, 11) is 0. The van der Waals surface area contributed by atoms with Crippen LogP contribution >= 0.6 is 11.3 Å². The molecule has 0 radical (unpaired) electrons. The smallest absolute Gasteiger partial charge is 0.225 e. The lowest BCUT2D eigenvalue weighted by Gasteiger charge is -2.34. The predicted octanol–water partition coefficient (Wildman–Crippen LogP) is 3.53. The number of piperazine rings is 1. The Morgan fingerprint density at radius 2 is 1.67 bits per heavy atom. The Kier molecular flexibility index (Phi) is 4.53. The van der Waals surface area contributed by atoms with Gasteiger partial charge in [0.25, 0.3) is 0 Å². The lowest BCUT2D eigenvalue weighted by Crippen LogP contribution is -2.46. The highest BCUT2D eigenvalue weighted by Crippen LogP contribution is 2.29. The number of anilines is 1. The van der Waals surface area contributed by atoms with Gasteiger partial charge in [-0.2, -0.15) is 0 Å². The van der Waals surface area contributed by atoms with Crippen molar-refractivity contribution in [1.29, 1.82) is 0 Å². The Labute approximate surface area is 146 Å². The number of nitrogens with zero attached hydrogens (tertiary/aromatic N) is 4. The molecule has 3 heterocycles. The Hall–Kier alpha value is -2.24. The third kappa shape index (κ3) is 3.32. The molecule has 0 atom stereocenters. The van der Waals surface area contributed by atoms with Crippen molar-refractivity contribution in [2.24, 2.45) is 0 Å². The van der Waals surface area contributed by atoms with E-state index in [1.54, 1.807) is 11.3 Å². The number of rotatable bonds is 4. The van der Waals surface area contributed by atoms with Gasteiger partial charge < -0.3 is 4.90 Å². The van der Waals surface area contributed by atoms with Crippen molar-refractivity contribution in [3.05, 3.63) is 65.8 Å². The summed E-state index contributed by atoms with van der Waals surface area (Å²) >= 11 is 1.81. The molecular weight excluding hydrogens is 316 g/mol. The molecule has 0 aliphatic carbocycles. The SMILES string of the molecule is c1cnc(N2CCN(Cc3ccccc3-c3cccs3)CC2)nc1. The van der Waals surface area contributed by atoms with E-state index in [0.29, 0.717) is 0 Å². The zero-order valence-corrected chi connectivity index (χ0v) is 14.3. The molecular formula is C19H20N4S. The first-order valence-electron chi connectivity index (χ1n) is 8.26. The van der Waals surface area contributed by atoms with E-state index in [-0.39, 0.29) is 0 Å². The largest absolute Gasteiger partial charge is 0.338 e. The first-order valence-corrected chi connectivity index (χ1v) is 9.14. The van der Waals surface area contributed by atoms with Crippen LogP contribution < -0.4 is 4.90 Å². The minimum Gasteiger partial charge on any atom is -0.338 e. The molecule has 3 aromatic rings. The second-order valence-corrected chi connectivity index (χ2v) is 6.89. The Morgan fingerprint density at radius 1 is 0.875 bits per heavy atom. The van der Waals surface area contributed by atoms with Crippen LogP contribution in [0.15, 0.2) is 60.2 Å². The normalized spacial score (nSPS) is 15.6. The summed E-state index contributed by atoms with van der Waals surface area (Å²) in [6.45, 7) is 5.03. The fourth-order valence-corrected chi connectivity index (χ4v) is 3.92. The first kappa shape index (κ1) is 15.3. The summed E-state index contributed by atoms with van der Waals surface area (Å²) in [6, 6.07) is 14.9. The molecule has 1 aromatic carbocycles. The van der Waals surface area contributed by atoms with E-state index >= 15 is 0 Å². The Bertz CT molecular complexity index is 765. The van der Waals surface area contributed by atoms with Gasteiger partial charge >= 0.3 is 0 Å². The van der Waals surface area contributed by atoms with E-state index in [4.69, 9.17) is 0 Å². The maximum atomic E-state index is 4.36.